The molecule has 324 valence electrons. The number of hydrogen-bond donors (Lipinski definition) is 1. The Kier molecular flexibility index (Phi) is 32.7. The number of rotatable bonds is 39. The zero-order valence-electron chi connectivity index (χ0n) is 36.3. The van der Waals surface area contributed by atoms with E-state index in [9.17, 15) is 14.3 Å². The molecule has 0 aromatic heterocycles. The monoisotopic (exact) mass is 809 g/mol. The maximum Gasteiger partial charge on any atom is 0.472 e. The van der Waals surface area contributed by atoms with E-state index < -0.39 is 19.9 Å². The zero-order valence-corrected chi connectivity index (χ0v) is 37.2. The smallest absolute Gasteiger partial charge is 0.457 e. The largest absolute Gasteiger partial charge is 0.472 e. The second-order valence-electron chi connectivity index (χ2n) is 16.1. The summed E-state index contributed by atoms with van der Waals surface area (Å²) in [6.45, 7) is 5.41. The highest BCUT2D eigenvalue weighted by molar-refractivity contribution is 7.47. The number of carbonyl (C=O) groups is 1. The summed E-state index contributed by atoms with van der Waals surface area (Å²) in [5, 5.41) is 0. The first-order valence-corrected chi connectivity index (χ1v) is 23.7. The number of hydrogen-bond acceptors (Lipinski definition) is 7. The first kappa shape index (κ1) is 52.2. The van der Waals surface area contributed by atoms with E-state index in [1.165, 1.54) is 77.0 Å². The molecule has 9 nitrogen and oxygen atoms in total. The summed E-state index contributed by atoms with van der Waals surface area (Å²) in [7, 11) is 1.61. The van der Waals surface area contributed by atoms with E-state index in [0.29, 0.717) is 36.3 Å². The van der Waals surface area contributed by atoms with Gasteiger partial charge in [0.2, 0.25) is 0 Å². The summed E-state index contributed by atoms with van der Waals surface area (Å²) in [6, 6.07) is 0. The van der Waals surface area contributed by atoms with Gasteiger partial charge in [0.1, 0.15) is 19.3 Å². The number of phosphoric ester groups is 1. The number of likely N-dealkylation sites (N-methyl/N-ethyl adjacent to an activating group) is 1. The van der Waals surface area contributed by atoms with Crippen LogP contribution in [0.2, 0.25) is 0 Å². The lowest BCUT2D eigenvalue weighted by molar-refractivity contribution is -0.870. The number of epoxide rings is 1. The quantitative estimate of drug-likeness (QED) is 0.0163. The Morgan fingerprint density at radius 1 is 0.661 bits per heavy atom. The van der Waals surface area contributed by atoms with Gasteiger partial charge in [-0.25, -0.2) is 4.57 Å². The highest BCUT2D eigenvalue weighted by atomic mass is 31.2. The van der Waals surface area contributed by atoms with E-state index in [1.807, 2.05) is 33.3 Å². The Balaban J connectivity index is 2.26. The lowest BCUT2D eigenvalue weighted by Crippen LogP contribution is -2.37. The lowest BCUT2D eigenvalue weighted by Gasteiger charge is -2.24. The molecule has 0 bridgehead atoms. The van der Waals surface area contributed by atoms with Crippen LogP contribution in [0, 0.1) is 0 Å². The van der Waals surface area contributed by atoms with E-state index in [2.05, 4.69) is 62.5 Å². The van der Waals surface area contributed by atoms with Crippen LogP contribution in [0.3, 0.4) is 0 Å². The molecule has 0 aliphatic carbocycles. The summed E-state index contributed by atoms with van der Waals surface area (Å²) in [5.41, 5.74) is 0. The van der Waals surface area contributed by atoms with Gasteiger partial charge in [-0.1, -0.05) is 158 Å². The highest BCUT2D eigenvalue weighted by Gasteiger charge is 2.35. The summed E-state index contributed by atoms with van der Waals surface area (Å²) in [5.74, 6) is -0.397. The average molecular weight is 809 g/mol. The van der Waals surface area contributed by atoms with Gasteiger partial charge in [0, 0.05) is 13.0 Å². The Morgan fingerprint density at radius 3 is 1.66 bits per heavy atom. The first-order chi connectivity index (χ1) is 27.1. The molecule has 1 fully saturated rings. The number of ether oxygens (including phenoxy) is 3. The van der Waals surface area contributed by atoms with Gasteiger partial charge in [-0.05, 0) is 51.4 Å². The fourth-order valence-corrected chi connectivity index (χ4v) is 6.74. The van der Waals surface area contributed by atoms with Gasteiger partial charge in [-0.3, -0.25) is 13.8 Å². The second kappa shape index (κ2) is 35.1. The molecule has 1 heterocycles. The van der Waals surface area contributed by atoms with Crippen LogP contribution in [-0.2, 0) is 32.6 Å². The Morgan fingerprint density at radius 2 is 1.16 bits per heavy atom. The van der Waals surface area contributed by atoms with Crippen LogP contribution in [0.15, 0.2) is 60.8 Å². The molecule has 0 spiro atoms. The average Bonchev–Trinajstić information content (AvgIpc) is 3.92. The second-order valence-corrected chi connectivity index (χ2v) is 17.5. The van der Waals surface area contributed by atoms with Gasteiger partial charge < -0.3 is 23.6 Å². The van der Waals surface area contributed by atoms with Crippen LogP contribution < -0.4 is 0 Å². The van der Waals surface area contributed by atoms with Crippen molar-refractivity contribution < 1.29 is 42.0 Å². The van der Waals surface area contributed by atoms with Gasteiger partial charge in [0.15, 0.2) is 0 Å². The molecule has 1 aliphatic heterocycles. The number of allylic oxidation sites excluding steroid dienone is 9. The summed E-state index contributed by atoms with van der Waals surface area (Å²) < 4.78 is 40.4. The Hall–Kier alpha value is -1.84. The molecule has 1 rings (SSSR count). The van der Waals surface area contributed by atoms with Crippen LogP contribution in [0.1, 0.15) is 155 Å². The van der Waals surface area contributed by atoms with E-state index in [1.54, 1.807) is 0 Å². The molecule has 1 N–H and O–H groups in total. The molecule has 56 heavy (non-hydrogen) atoms. The fourth-order valence-electron chi connectivity index (χ4n) is 6.00. The van der Waals surface area contributed by atoms with Crippen LogP contribution in [0.25, 0.3) is 0 Å². The van der Waals surface area contributed by atoms with Crippen molar-refractivity contribution in [3.05, 3.63) is 60.8 Å². The van der Waals surface area contributed by atoms with E-state index >= 15 is 0 Å². The van der Waals surface area contributed by atoms with Crippen molar-refractivity contribution in [2.45, 2.75) is 173 Å². The third-order valence-corrected chi connectivity index (χ3v) is 10.6. The third-order valence-electron chi connectivity index (χ3n) is 9.58. The standard InChI is InChI=1S/C46H82NO8P/c1-6-8-9-10-11-12-13-14-20-23-26-29-32-35-39-51-41-43(42-53-56(49,50)52-40-38-47(3,4)5)54-46(48)37-34-31-28-25-22-19-17-15-16-18-21-24-27-30-33-36-45-44(7-2)55-45/h15-16,19,21-22,24,28,30-31,33,43-45H,6-14,17-18,20,23,25-27,29,32,34-42H2,1-5H3/p+1/b16-15+,22-19+,24-21+,31-28+,33-30+. The summed E-state index contributed by atoms with van der Waals surface area (Å²) in [6.07, 6.45) is 46.1. The van der Waals surface area contributed by atoms with E-state index in [-0.39, 0.29) is 26.2 Å². The number of nitrogens with zero attached hydrogens (tertiary/aromatic N) is 1. The minimum atomic E-state index is -4.30. The molecule has 0 amide bonds. The van der Waals surface area contributed by atoms with Gasteiger partial charge in [0.05, 0.1) is 46.6 Å². The minimum absolute atomic E-state index is 0.0719. The predicted molar refractivity (Wildman–Crippen MR) is 233 cm³/mol. The molecular formula is C46H83NO8P+. The predicted octanol–water partition coefficient (Wildman–Crippen LogP) is 11.9. The summed E-state index contributed by atoms with van der Waals surface area (Å²) >= 11 is 0. The minimum Gasteiger partial charge on any atom is -0.457 e. The van der Waals surface area contributed by atoms with Crippen molar-refractivity contribution in [1.29, 1.82) is 0 Å². The molecule has 10 heteroatoms. The van der Waals surface area contributed by atoms with Crippen LogP contribution >= 0.6 is 7.82 Å². The van der Waals surface area contributed by atoms with Gasteiger partial charge in [0.25, 0.3) is 0 Å². The molecule has 0 aromatic rings. The molecule has 0 aromatic carbocycles. The molecule has 1 saturated heterocycles. The van der Waals surface area contributed by atoms with Crippen molar-refractivity contribution in [2.24, 2.45) is 0 Å². The van der Waals surface area contributed by atoms with Crippen molar-refractivity contribution in [1.82, 2.24) is 0 Å². The van der Waals surface area contributed by atoms with Crippen LogP contribution in [0.5, 0.6) is 0 Å². The molecular weight excluding hydrogens is 725 g/mol. The number of esters is 1. The van der Waals surface area contributed by atoms with Gasteiger partial charge in [-0.2, -0.15) is 0 Å². The van der Waals surface area contributed by atoms with Crippen LogP contribution in [-0.4, -0.2) is 87.8 Å². The van der Waals surface area contributed by atoms with Crippen molar-refractivity contribution in [3.8, 4) is 0 Å². The number of carbonyl (C=O) groups excluding carboxylic acids is 1. The molecule has 4 unspecified atom stereocenters. The SMILES string of the molecule is CCCCCCCCCCCCCCCCOCC(COP(=O)(O)OCC[N+](C)(C)C)OC(=O)CC/C=C/C/C=C/C/C=C/C/C=C/C/C=C/CC1OC1CC. The Bertz CT molecular complexity index is 1140. The maximum absolute atomic E-state index is 12.7. The number of phosphoric acid groups is 1. The molecule has 0 saturated carbocycles. The molecule has 1 aliphatic rings. The normalized spacial score (nSPS) is 18.0. The number of quaternary nitrogens is 1. The molecule has 4 atom stereocenters. The van der Waals surface area contributed by atoms with Crippen molar-refractivity contribution in [3.63, 3.8) is 0 Å². The Labute approximate surface area is 343 Å². The fraction of sp³-hybridized carbons (Fsp3) is 0.761. The number of unbranched alkanes of at least 4 members (excludes halogenated alkanes) is 13. The topological polar surface area (TPSA) is 104 Å². The highest BCUT2D eigenvalue weighted by Crippen LogP contribution is 2.43. The van der Waals surface area contributed by atoms with E-state index in [4.69, 9.17) is 23.3 Å². The zero-order chi connectivity index (χ0) is 41.0. The third kappa shape index (κ3) is 35.3. The van der Waals surface area contributed by atoms with Gasteiger partial charge >= 0.3 is 13.8 Å². The van der Waals surface area contributed by atoms with E-state index in [0.717, 1.165) is 51.4 Å². The van der Waals surface area contributed by atoms with Crippen molar-refractivity contribution in [2.75, 3.05) is 54.1 Å². The lowest BCUT2D eigenvalue weighted by atomic mass is 10.0. The first-order valence-electron chi connectivity index (χ1n) is 22.2. The van der Waals surface area contributed by atoms with Gasteiger partial charge in [-0.15, -0.1) is 0 Å². The maximum atomic E-state index is 12.7. The molecule has 0 radical (unpaired) electrons. The summed E-state index contributed by atoms with van der Waals surface area (Å²) in [4.78, 5) is 22.9. The van der Waals surface area contributed by atoms with Crippen molar-refractivity contribution >= 4 is 13.8 Å². The van der Waals surface area contributed by atoms with Crippen LogP contribution in [0.4, 0.5) is 0 Å².